The summed E-state index contributed by atoms with van der Waals surface area (Å²) >= 11 is 1.45. The van der Waals surface area contributed by atoms with Crippen LogP contribution in [0.1, 0.15) is 28.1 Å². The number of ketones is 1. The zero-order chi connectivity index (χ0) is 22.5. The van der Waals surface area contributed by atoms with Gasteiger partial charge in [-0.25, -0.2) is 9.67 Å². The molecular formula is C24H20N6O2S. The molecular weight excluding hydrogens is 436 g/mol. The number of allylic oxidation sites excluding steroid dienone is 1. The number of aryl methyl sites for hydroxylation is 1. The maximum atomic E-state index is 13.3. The molecule has 5 heterocycles. The standard InChI is InChI=1S/C24H20N6O2S/c1-29-21-19(22-23(29)28-20(33-22)9-17(31)8-16-6-3-7-26-16)12-27-30(24(21)32)13-15-5-2-4-14-10-25-11-18(14)15/h2-6,11-12H,7-10,13H2,1H3. The number of nitrogens with zero attached hydrogens (tertiary/aromatic N) is 6. The van der Waals surface area contributed by atoms with E-state index in [1.165, 1.54) is 21.6 Å². The Kier molecular flexibility index (Phi) is 4.65. The van der Waals surface area contributed by atoms with Crippen LogP contribution < -0.4 is 5.56 Å². The monoisotopic (exact) mass is 456 g/mol. The molecule has 2 aliphatic heterocycles. The van der Waals surface area contributed by atoms with Crippen LogP contribution in [0.4, 0.5) is 0 Å². The molecule has 3 aromatic heterocycles. The van der Waals surface area contributed by atoms with Gasteiger partial charge >= 0.3 is 0 Å². The number of carbonyl (C=O) groups is 1. The van der Waals surface area contributed by atoms with E-state index in [1.54, 1.807) is 6.20 Å². The summed E-state index contributed by atoms with van der Waals surface area (Å²) in [6, 6.07) is 6.06. The van der Waals surface area contributed by atoms with Gasteiger partial charge in [0.25, 0.3) is 5.56 Å². The van der Waals surface area contributed by atoms with Crippen LogP contribution in [0.3, 0.4) is 0 Å². The fourth-order valence-electron chi connectivity index (χ4n) is 4.48. The molecule has 33 heavy (non-hydrogen) atoms. The summed E-state index contributed by atoms with van der Waals surface area (Å²) in [6.45, 7) is 1.72. The minimum atomic E-state index is -0.156. The van der Waals surface area contributed by atoms with Crippen molar-refractivity contribution in [3.63, 3.8) is 0 Å². The zero-order valence-corrected chi connectivity index (χ0v) is 18.8. The van der Waals surface area contributed by atoms with Crippen LogP contribution in [-0.4, -0.2) is 43.6 Å². The fourth-order valence-corrected chi connectivity index (χ4v) is 5.62. The van der Waals surface area contributed by atoms with Crippen molar-refractivity contribution >= 4 is 50.3 Å². The number of aliphatic imine (C=N–C) groups is 2. The van der Waals surface area contributed by atoms with Crippen molar-refractivity contribution in [3.05, 3.63) is 68.6 Å². The Morgan fingerprint density at radius 3 is 3.00 bits per heavy atom. The number of benzene rings is 1. The Labute approximate surface area is 192 Å². The lowest BCUT2D eigenvalue weighted by molar-refractivity contribution is -0.117. The number of Topliss-reactive ketones (excluding diaryl/α,β-unsaturated/α-hetero) is 1. The number of thiazole rings is 1. The summed E-state index contributed by atoms with van der Waals surface area (Å²) in [4.78, 5) is 39.1. The molecule has 0 bridgehead atoms. The Morgan fingerprint density at radius 1 is 1.24 bits per heavy atom. The van der Waals surface area contributed by atoms with E-state index in [4.69, 9.17) is 0 Å². The van der Waals surface area contributed by atoms with Crippen LogP contribution in [-0.2, 0) is 31.4 Å². The zero-order valence-electron chi connectivity index (χ0n) is 18.0. The Hall–Kier alpha value is -3.72. The van der Waals surface area contributed by atoms with Gasteiger partial charge in [0.1, 0.15) is 16.3 Å². The SMILES string of the molecule is Cn1c2nc(CC(=O)CC3=NCC=C3)sc2c2cnn(Cc3cccc4c3C=NC4)c(=O)c21. The van der Waals surface area contributed by atoms with E-state index >= 15 is 0 Å². The second-order valence-electron chi connectivity index (χ2n) is 8.28. The maximum Gasteiger partial charge on any atom is 0.291 e. The van der Waals surface area contributed by atoms with Gasteiger partial charge in [-0.3, -0.25) is 19.6 Å². The number of hydrogen-bond donors (Lipinski definition) is 0. The van der Waals surface area contributed by atoms with Crippen molar-refractivity contribution in [1.82, 2.24) is 19.3 Å². The molecule has 0 saturated carbocycles. The molecule has 0 saturated heterocycles. The highest BCUT2D eigenvalue weighted by Crippen LogP contribution is 2.31. The van der Waals surface area contributed by atoms with Gasteiger partial charge < -0.3 is 4.57 Å². The van der Waals surface area contributed by atoms with Gasteiger partial charge in [-0.1, -0.05) is 24.3 Å². The molecule has 2 aliphatic rings. The number of aromatic nitrogens is 4. The summed E-state index contributed by atoms with van der Waals surface area (Å²) in [7, 11) is 1.84. The Balaban J connectivity index is 1.33. The van der Waals surface area contributed by atoms with Gasteiger partial charge in [0.15, 0.2) is 5.65 Å². The molecule has 0 spiro atoms. The fraction of sp³-hybridized carbons (Fsp3) is 0.250. The molecule has 0 unspecified atom stereocenters. The molecule has 164 valence electrons. The highest BCUT2D eigenvalue weighted by Gasteiger charge is 2.20. The van der Waals surface area contributed by atoms with Crippen LogP contribution in [0, 0.1) is 0 Å². The van der Waals surface area contributed by atoms with Crippen molar-refractivity contribution in [2.45, 2.75) is 25.9 Å². The Morgan fingerprint density at radius 2 is 2.15 bits per heavy atom. The highest BCUT2D eigenvalue weighted by atomic mass is 32.1. The third-order valence-corrected chi connectivity index (χ3v) is 7.17. The molecule has 0 fully saturated rings. The molecule has 8 nitrogen and oxygen atoms in total. The van der Waals surface area contributed by atoms with Gasteiger partial charge in [0.2, 0.25) is 0 Å². The van der Waals surface area contributed by atoms with E-state index in [2.05, 4.69) is 26.1 Å². The van der Waals surface area contributed by atoms with Crippen molar-refractivity contribution in [2.24, 2.45) is 17.0 Å². The van der Waals surface area contributed by atoms with Crippen molar-refractivity contribution in [1.29, 1.82) is 0 Å². The van der Waals surface area contributed by atoms with Gasteiger partial charge in [0, 0.05) is 36.3 Å². The molecule has 0 atom stereocenters. The number of hydrogen-bond acceptors (Lipinski definition) is 7. The van der Waals surface area contributed by atoms with Crippen LogP contribution in [0.25, 0.3) is 21.3 Å². The first-order valence-electron chi connectivity index (χ1n) is 10.7. The first-order valence-corrected chi connectivity index (χ1v) is 11.6. The maximum absolute atomic E-state index is 13.3. The summed E-state index contributed by atoms with van der Waals surface area (Å²) in [6.07, 6.45) is 8.04. The second-order valence-corrected chi connectivity index (χ2v) is 9.36. The predicted octanol–water partition coefficient (Wildman–Crippen LogP) is 2.84. The van der Waals surface area contributed by atoms with Gasteiger partial charge in [-0.15, -0.1) is 11.3 Å². The first kappa shape index (κ1) is 19.9. The smallest absolute Gasteiger partial charge is 0.291 e. The number of carbonyl (C=O) groups excluding carboxylic acids is 1. The molecule has 4 aromatic rings. The average Bonchev–Trinajstić information content (AvgIpc) is 3.57. The van der Waals surface area contributed by atoms with E-state index < -0.39 is 0 Å². The molecule has 9 heteroatoms. The van der Waals surface area contributed by atoms with E-state index in [9.17, 15) is 9.59 Å². The molecule has 0 amide bonds. The average molecular weight is 457 g/mol. The largest absolute Gasteiger partial charge is 0.323 e. The summed E-state index contributed by atoms with van der Waals surface area (Å²) in [5.41, 5.74) is 5.23. The first-order chi connectivity index (χ1) is 16.1. The third kappa shape index (κ3) is 3.36. The van der Waals surface area contributed by atoms with E-state index in [0.29, 0.717) is 37.2 Å². The van der Waals surface area contributed by atoms with Crippen molar-refractivity contribution < 1.29 is 4.79 Å². The number of rotatable bonds is 6. The highest BCUT2D eigenvalue weighted by molar-refractivity contribution is 7.19. The lowest BCUT2D eigenvalue weighted by Gasteiger charge is -2.09. The quantitative estimate of drug-likeness (QED) is 0.446. The van der Waals surface area contributed by atoms with Gasteiger partial charge in [0.05, 0.1) is 37.0 Å². The third-order valence-electron chi connectivity index (χ3n) is 6.10. The van der Waals surface area contributed by atoms with Crippen LogP contribution in [0.15, 0.2) is 51.3 Å². The second kappa shape index (κ2) is 7.70. The normalized spacial score (nSPS) is 14.5. The summed E-state index contributed by atoms with van der Waals surface area (Å²) < 4.78 is 4.20. The van der Waals surface area contributed by atoms with E-state index in [1.807, 2.05) is 42.1 Å². The van der Waals surface area contributed by atoms with E-state index in [0.717, 1.165) is 31.9 Å². The minimum Gasteiger partial charge on any atom is -0.323 e. The van der Waals surface area contributed by atoms with Crippen LogP contribution in [0.2, 0.25) is 0 Å². The summed E-state index contributed by atoms with van der Waals surface area (Å²) in [5.74, 6) is 0.0862. The lowest BCUT2D eigenvalue weighted by Crippen LogP contribution is -2.25. The van der Waals surface area contributed by atoms with Crippen molar-refractivity contribution in [2.75, 3.05) is 6.54 Å². The molecule has 0 N–H and O–H groups in total. The Bertz CT molecular complexity index is 1600. The summed E-state index contributed by atoms with van der Waals surface area (Å²) in [5, 5.41) is 5.98. The molecule has 1 aromatic carbocycles. The molecule has 0 aliphatic carbocycles. The molecule has 6 rings (SSSR count). The molecule has 0 radical (unpaired) electrons. The number of fused-ring (bicyclic) bond motifs is 4. The van der Waals surface area contributed by atoms with E-state index in [-0.39, 0.29) is 17.8 Å². The predicted molar refractivity (Wildman–Crippen MR) is 130 cm³/mol. The topological polar surface area (TPSA) is 94.5 Å². The minimum absolute atomic E-state index is 0.0862. The van der Waals surface area contributed by atoms with Crippen LogP contribution >= 0.6 is 11.3 Å². The van der Waals surface area contributed by atoms with Crippen LogP contribution in [0.5, 0.6) is 0 Å². The van der Waals surface area contributed by atoms with Crippen molar-refractivity contribution in [3.8, 4) is 0 Å². The lowest BCUT2D eigenvalue weighted by atomic mass is 10.0. The van der Waals surface area contributed by atoms with Gasteiger partial charge in [-0.05, 0) is 17.2 Å². The van der Waals surface area contributed by atoms with Gasteiger partial charge in [-0.2, -0.15) is 5.10 Å².